The molecule has 0 saturated carbocycles. The van der Waals surface area contributed by atoms with E-state index in [0.717, 1.165) is 53.0 Å². The molecule has 0 N–H and O–H groups in total. The maximum atomic E-state index is 14.0. The van der Waals surface area contributed by atoms with Gasteiger partial charge in [-0.1, -0.05) is 73.7 Å². The van der Waals surface area contributed by atoms with Crippen molar-refractivity contribution in [3.8, 4) is 44.9 Å². The molecule has 45 heavy (non-hydrogen) atoms. The summed E-state index contributed by atoms with van der Waals surface area (Å²) in [5.41, 5.74) is 6.03. The zero-order valence-electron chi connectivity index (χ0n) is 24.4. The van der Waals surface area contributed by atoms with Gasteiger partial charge in [-0.05, 0) is 41.3 Å². The molecule has 229 valence electrons. The fourth-order valence-electron chi connectivity index (χ4n) is 4.59. The fourth-order valence-corrected chi connectivity index (χ4v) is 4.59. The van der Waals surface area contributed by atoms with Crippen LogP contribution in [0, 0.1) is 24.9 Å². The second-order valence-corrected chi connectivity index (χ2v) is 9.94. The van der Waals surface area contributed by atoms with E-state index in [2.05, 4.69) is 58.3 Å². The van der Waals surface area contributed by atoms with Gasteiger partial charge >= 0.3 is 6.18 Å². The minimum Gasteiger partial charge on any atom is -0.302 e. The summed E-state index contributed by atoms with van der Waals surface area (Å²) in [7, 11) is 0. The van der Waals surface area contributed by atoms with Crippen molar-refractivity contribution in [2.75, 3.05) is 0 Å². The van der Waals surface area contributed by atoms with Crippen molar-refractivity contribution >= 4 is 0 Å². The molecule has 0 unspecified atom stereocenters. The van der Waals surface area contributed by atoms with E-state index in [0.29, 0.717) is 5.56 Å². The quantitative estimate of drug-likeness (QED) is 0.129. The molecule has 4 aromatic carbocycles. The van der Waals surface area contributed by atoms with Crippen LogP contribution in [0.25, 0.3) is 44.9 Å². The average Bonchev–Trinajstić information content (AvgIpc) is 3.06. The summed E-state index contributed by atoms with van der Waals surface area (Å²) >= 11 is 0. The molecule has 0 saturated heterocycles. The number of halogens is 4. The maximum Gasteiger partial charge on any atom is 0.399 e. The molecule has 0 spiro atoms. The van der Waals surface area contributed by atoms with E-state index >= 15 is 0 Å². The molecule has 2 aromatic heterocycles. The first kappa shape index (κ1) is 33.4. The predicted molar refractivity (Wildman–Crippen MR) is 165 cm³/mol. The zero-order chi connectivity index (χ0) is 31.1. The molecular weight excluding hydrogens is 755 g/mol. The van der Waals surface area contributed by atoms with Gasteiger partial charge in [-0.2, -0.15) is 13.2 Å². The summed E-state index contributed by atoms with van der Waals surface area (Å²) in [5.74, 6) is 0.210. The van der Waals surface area contributed by atoms with Gasteiger partial charge in [-0.15, -0.1) is 65.2 Å². The van der Waals surface area contributed by atoms with Gasteiger partial charge in [0.15, 0.2) is 0 Å². The third-order valence-corrected chi connectivity index (χ3v) is 6.91. The third kappa shape index (κ3) is 8.35. The van der Waals surface area contributed by atoms with Crippen LogP contribution >= 0.6 is 0 Å². The van der Waals surface area contributed by atoms with Gasteiger partial charge in [0.05, 0.1) is 12.0 Å². The van der Waals surface area contributed by atoms with Gasteiger partial charge < -0.3 is 4.98 Å². The van der Waals surface area contributed by atoms with Crippen molar-refractivity contribution < 1.29 is 37.7 Å². The summed E-state index contributed by atoms with van der Waals surface area (Å²) in [6, 6.07) is 35.6. The Morgan fingerprint density at radius 2 is 1.36 bits per heavy atom. The van der Waals surface area contributed by atoms with Crippen LogP contribution in [0.2, 0.25) is 0 Å². The second kappa shape index (κ2) is 15.0. The molecule has 0 aliphatic rings. The minimum atomic E-state index is -4.45. The summed E-state index contributed by atoms with van der Waals surface area (Å²) in [6.45, 7) is 4.16. The van der Waals surface area contributed by atoms with E-state index in [9.17, 15) is 17.6 Å². The van der Waals surface area contributed by atoms with Gasteiger partial charge in [0.25, 0.3) is 0 Å². The Bertz CT molecular complexity index is 1860. The summed E-state index contributed by atoms with van der Waals surface area (Å²) in [4.78, 5) is 13.0. The van der Waals surface area contributed by atoms with Gasteiger partial charge in [-0.25, -0.2) is 4.39 Å². The number of benzene rings is 4. The number of pyridine rings is 1. The summed E-state index contributed by atoms with van der Waals surface area (Å²) < 4.78 is 52.4. The van der Waals surface area contributed by atoms with Crippen LogP contribution in [0.4, 0.5) is 17.6 Å². The number of rotatable bonds is 5. The Morgan fingerprint density at radius 1 is 0.711 bits per heavy atom. The normalized spacial score (nSPS) is 10.8. The number of aryl methyl sites for hydroxylation is 2. The molecule has 1 radical (unpaired) electrons. The molecule has 0 fully saturated rings. The van der Waals surface area contributed by atoms with Gasteiger partial charge in [0.1, 0.15) is 5.82 Å². The van der Waals surface area contributed by atoms with Crippen LogP contribution in [0.5, 0.6) is 0 Å². The maximum absolute atomic E-state index is 14.0. The minimum absolute atomic E-state index is 0. The fraction of sp³-hybridized carbons (Fsp3) is 0.108. The molecule has 0 bridgehead atoms. The number of hydrogen-bond donors (Lipinski definition) is 0. The molecule has 0 aliphatic heterocycles. The molecular formula is C37H27F4IrN3-2. The van der Waals surface area contributed by atoms with Gasteiger partial charge in [0.2, 0.25) is 0 Å². The monoisotopic (exact) mass is 782 g/mol. The molecule has 6 aromatic rings. The Morgan fingerprint density at radius 3 is 2.02 bits per heavy atom. The van der Waals surface area contributed by atoms with E-state index in [1.807, 2.05) is 37.4 Å². The molecule has 0 aliphatic carbocycles. The van der Waals surface area contributed by atoms with Crippen molar-refractivity contribution in [1.82, 2.24) is 15.0 Å². The predicted octanol–water partition coefficient (Wildman–Crippen LogP) is 9.85. The molecule has 6 rings (SSSR count). The first-order valence-electron chi connectivity index (χ1n) is 13.9. The van der Waals surface area contributed by atoms with Crippen LogP contribution < -0.4 is 0 Å². The van der Waals surface area contributed by atoms with Gasteiger partial charge in [0, 0.05) is 37.6 Å². The number of alkyl halides is 3. The first-order chi connectivity index (χ1) is 21.2. The Balaban J connectivity index is 0.000000201. The summed E-state index contributed by atoms with van der Waals surface area (Å²) in [6.07, 6.45) is -0.637. The first-order valence-corrected chi connectivity index (χ1v) is 13.9. The van der Waals surface area contributed by atoms with Crippen molar-refractivity contribution in [3.63, 3.8) is 0 Å². The average molecular weight is 782 g/mol. The Hall–Kier alpha value is -4.52. The molecule has 8 heteroatoms. The van der Waals surface area contributed by atoms with Crippen molar-refractivity contribution in [2.24, 2.45) is 0 Å². The number of hydrogen-bond acceptors (Lipinski definition) is 3. The summed E-state index contributed by atoms with van der Waals surface area (Å²) in [5, 5.41) is 0. The topological polar surface area (TPSA) is 38.7 Å². The molecule has 2 heterocycles. The Kier molecular flexibility index (Phi) is 11.1. The van der Waals surface area contributed by atoms with Crippen LogP contribution in [-0.2, 0) is 32.7 Å². The number of aromatic nitrogens is 3. The zero-order valence-corrected chi connectivity index (χ0v) is 26.8. The van der Waals surface area contributed by atoms with Crippen molar-refractivity contribution in [1.29, 1.82) is 0 Å². The molecule has 0 amide bonds. The SMILES string of the molecule is CCc1nc(-c2[c-]ccc(-c3ccccc3)c2)ncc1C.Fc1cnc(-c2[c-]ccc(C(F)(F)F)c2)cc1-c1ccccc1.[Ir]. The smallest absolute Gasteiger partial charge is 0.302 e. The Labute approximate surface area is 273 Å². The van der Waals surface area contributed by atoms with Crippen LogP contribution in [0.3, 0.4) is 0 Å². The van der Waals surface area contributed by atoms with E-state index in [4.69, 9.17) is 0 Å². The van der Waals surface area contributed by atoms with E-state index in [1.165, 1.54) is 17.7 Å². The van der Waals surface area contributed by atoms with Crippen molar-refractivity contribution in [3.05, 3.63) is 150 Å². The second-order valence-electron chi connectivity index (χ2n) is 9.94. The van der Waals surface area contributed by atoms with Crippen LogP contribution in [0.1, 0.15) is 23.7 Å². The van der Waals surface area contributed by atoms with E-state index < -0.39 is 17.6 Å². The van der Waals surface area contributed by atoms with Crippen molar-refractivity contribution in [2.45, 2.75) is 26.4 Å². The van der Waals surface area contributed by atoms with Crippen LogP contribution in [0.15, 0.2) is 116 Å². The van der Waals surface area contributed by atoms with E-state index in [1.54, 1.807) is 30.3 Å². The van der Waals surface area contributed by atoms with E-state index in [-0.39, 0.29) is 36.9 Å². The standard InChI is InChI=1S/C19H17N2.C18H10F4N.Ir/c1-3-18-14(2)13-20-19(21-18)17-11-7-10-16(12-17)15-8-5-4-6-9-15;19-16-11-23-17(10-15(16)12-5-2-1-3-6-12)13-7-4-8-14(9-13)18(20,21)22;/h4-10,12-13H,3H2,1-2H3;1-6,8-11H;/q2*-1;. The molecule has 3 nitrogen and oxygen atoms in total. The number of nitrogens with zero attached hydrogens (tertiary/aromatic N) is 3. The van der Waals surface area contributed by atoms with Gasteiger partial charge in [-0.3, -0.25) is 9.97 Å². The molecule has 0 atom stereocenters. The largest absolute Gasteiger partial charge is 0.399 e. The van der Waals surface area contributed by atoms with Crippen LogP contribution in [-0.4, -0.2) is 15.0 Å². The third-order valence-electron chi connectivity index (χ3n) is 6.91.